The Labute approximate surface area is 138 Å². The summed E-state index contributed by atoms with van der Waals surface area (Å²) in [5.74, 6) is 0.768. The molecule has 2 aromatic heterocycles. The van der Waals surface area contributed by atoms with E-state index in [0.717, 1.165) is 41.1 Å². The first kappa shape index (κ1) is 14.5. The van der Waals surface area contributed by atoms with Crippen molar-refractivity contribution in [3.8, 4) is 0 Å². The quantitative estimate of drug-likeness (QED) is 0.771. The zero-order valence-corrected chi connectivity index (χ0v) is 13.7. The molecule has 3 aromatic rings. The molecule has 1 aromatic carbocycles. The Kier molecular flexibility index (Phi) is 3.87. The van der Waals surface area contributed by atoms with Gasteiger partial charge in [0.1, 0.15) is 10.7 Å². The maximum absolute atomic E-state index is 12.5. The molecule has 23 heavy (non-hydrogen) atoms. The van der Waals surface area contributed by atoms with Gasteiger partial charge in [0.2, 0.25) is 0 Å². The van der Waals surface area contributed by atoms with Gasteiger partial charge in [-0.2, -0.15) is 0 Å². The topological polar surface area (TPSA) is 57.8 Å². The standard InChI is InChI=1S/C18H19N3OS/c22-17-16-13-8-4-5-9-14(13)23-18(16)21-15(20-17)10-11-19-12-6-2-1-3-7-12/h1-3,6-7,19H,4-5,8-11H2,(H,20,21,22). The van der Waals surface area contributed by atoms with Gasteiger partial charge < -0.3 is 10.3 Å². The van der Waals surface area contributed by atoms with Crippen LogP contribution < -0.4 is 10.9 Å². The Balaban J connectivity index is 1.55. The minimum absolute atomic E-state index is 0.0316. The lowest BCUT2D eigenvalue weighted by molar-refractivity contribution is 0.700. The Hall–Kier alpha value is -2.14. The highest BCUT2D eigenvalue weighted by atomic mass is 32.1. The summed E-state index contributed by atoms with van der Waals surface area (Å²) in [6.45, 7) is 0.754. The van der Waals surface area contributed by atoms with E-state index in [1.165, 1.54) is 23.3 Å². The molecule has 0 spiro atoms. The molecule has 0 bridgehead atoms. The fourth-order valence-corrected chi connectivity index (χ4v) is 4.49. The van der Waals surface area contributed by atoms with E-state index in [-0.39, 0.29) is 5.56 Å². The van der Waals surface area contributed by atoms with Gasteiger partial charge in [-0.15, -0.1) is 11.3 Å². The number of fused-ring (bicyclic) bond motifs is 3. The average molecular weight is 325 g/mol. The third-order valence-electron chi connectivity index (χ3n) is 4.34. The molecule has 0 fully saturated rings. The molecule has 1 aliphatic carbocycles. The lowest BCUT2D eigenvalue weighted by Crippen LogP contribution is -2.15. The summed E-state index contributed by atoms with van der Waals surface area (Å²) in [4.78, 5) is 22.4. The Morgan fingerprint density at radius 3 is 2.87 bits per heavy atom. The molecule has 0 radical (unpaired) electrons. The molecule has 118 valence electrons. The Morgan fingerprint density at radius 1 is 1.17 bits per heavy atom. The largest absolute Gasteiger partial charge is 0.385 e. The molecule has 1 aliphatic rings. The molecule has 2 heterocycles. The zero-order chi connectivity index (χ0) is 15.6. The predicted molar refractivity (Wildman–Crippen MR) is 95.5 cm³/mol. The second-order valence-corrected chi connectivity index (χ2v) is 7.03. The summed E-state index contributed by atoms with van der Waals surface area (Å²) in [7, 11) is 0. The van der Waals surface area contributed by atoms with Crippen LogP contribution in [0.2, 0.25) is 0 Å². The van der Waals surface area contributed by atoms with Gasteiger partial charge in [0.05, 0.1) is 5.39 Å². The van der Waals surface area contributed by atoms with Crippen molar-refractivity contribution in [3.63, 3.8) is 0 Å². The van der Waals surface area contributed by atoms with E-state index >= 15 is 0 Å². The fourth-order valence-electron chi connectivity index (χ4n) is 3.21. The maximum Gasteiger partial charge on any atom is 0.259 e. The van der Waals surface area contributed by atoms with E-state index in [0.29, 0.717) is 6.42 Å². The molecule has 0 saturated carbocycles. The van der Waals surface area contributed by atoms with E-state index in [1.807, 2.05) is 30.3 Å². The first-order valence-corrected chi connectivity index (χ1v) is 8.95. The molecule has 0 saturated heterocycles. The Morgan fingerprint density at radius 2 is 2.00 bits per heavy atom. The minimum Gasteiger partial charge on any atom is -0.385 e. The van der Waals surface area contributed by atoms with E-state index in [9.17, 15) is 4.79 Å². The van der Waals surface area contributed by atoms with Gasteiger partial charge in [0, 0.05) is 23.5 Å². The molecule has 2 N–H and O–H groups in total. The Bertz CT molecular complexity index is 882. The smallest absolute Gasteiger partial charge is 0.259 e. The van der Waals surface area contributed by atoms with Gasteiger partial charge in [-0.1, -0.05) is 18.2 Å². The van der Waals surface area contributed by atoms with Crippen LogP contribution in [0.3, 0.4) is 0 Å². The maximum atomic E-state index is 12.5. The number of aryl methyl sites for hydroxylation is 2. The zero-order valence-electron chi connectivity index (χ0n) is 12.9. The van der Waals surface area contributed by atoms with Crippen molar-refractivity contribution in [1.82, 2.24) is 9.97 Å². The van der Waals surface area contributed by atoms with Gasteiger partial charge >= 0.3 is 0 Å². The second kappa shape index (κ2) is 6.16. The molecule has 0 amide bonds. The van der Waals surface area contributed by atoms with Crippen molar-refractivity contribution in [2.75, 3.05) is 11.9 Å². The van der Waals surface area contributed by atoms with E-state index in [2.05, 4.69) is 10.3 Å². The number of anilines is 1. The van der Waals surface area contributed by atoms with Gasteiger partial charge in [-0.05, 0) is 43.4 Å². The lowest BCUT2D eigenvalue weighted by atomic mass is 9.97. The number of benzene rings is 1. The van der Waals surface area contributed by atoms with Crippen LogP contribution in [-0.2, 0) is 19.3 Å². The highest BCUT2D eigenvalue weighted by molar-refractivity contribution is 7.18. The summed E-state index contributed by atoms with van der Waals surface area (Å²) in [6, 6.07) is 10.1. The first-order chi connectivity index (χ1) is 11.3. The summed E-state index contributed by atoms with van der Waals surface area (Å²) in [5, 5.41) is 4.19. The predicted octanol–water partition coefficient (Wildman–Crippen LogP) is 3.52. The van der Waals surface area contributed by atoms with Crippen molar-refractivity contribution in [2.24, 2.45) is 0 Å². The molecule has 0 atom stereocenters. The van der Waals surface area contributed by atoms with Crippen LogP contribution in [-0.4, -0.2) is 16.5 Å². The molecule has 4 nitrogen and oxygen atoms in total. The number of para-hydroxylation sites is 1. The number of nitrogens with one attached hydrogen (secondary N) is 2. The van der Waals surface area contributed by atoms with Crippen LogP contribution in [0.15, 0.2) is 35.1 Å². The van der Waals surface area contributed by atoms with Crippen LogP contribution in [0, 0.1) is 0 Å². The van der Waals surface area contributed by atoms with Crippen molar-refractivity contribution in [1.29, 1.82) is 0 Å². The summed E-state index contributed by atoms with van der Waals surface area (Å²) < 4.78 is 0. The highest BCUT2D eigenvalue weighted by Gasteiger charge is 2.19. The summed E-state index contributed by atoms with van der Waals surface area (Å²) in [5.41, 5.74) is 2.37. The SMILES string of the molecule is O=c1[nH]c(CCNc2ccccc2)nc2sc3c(c12)CCCC3. The van der Waals surface area contributed by atoms with E-state index < -0.39 is 0 Å². The van der Waals surface area contributed by atoms with Crippen molar-refractivity contribution >= 4 is 27.2 Å². The van der Waals surface area contributed by atoms with Crippen LogP contribution in [0.25, 0.3) is 10.2 Å². The number of rotatable bonds is 4. The van der Waals surface area contributed by atoms with Crippen molar-refractivity contribution in [3.05, 3.63) is 57.0 Å². The fraction of sp³-hybridized carbons (Fsp3) is 0.333. The third kappa shape index (κ3) is 2.88. The van der Waals surface area contributed by atoms with Crippen LogP contribution >= 0.6 is 11.3 Å². The van der Waals surface area contributed by atoms with Gasteiger partial charge in [-0.3, -0.25) is 4.79 Å². The molecule has 4 rings (SSSR count). The van der Waals surface area contributed by atoms with Gasteiger partial charge in [-0.25, -0.2) is 4.98 Å². The normalized spacial score (nSPS) is 13.9. The first-order valence-electron chi connectivity index (χ1n) is 8.13. The highest BCUT2D eigenvalue weighted by Crippen LogP contribution is 2.33. The number of hydrogen-bond acceptors (Lipinski definition) is 4. The van der Waals surface area contributed by atoms with E-state index in [4.69, 9.17) is 4.98 Å². The number of aromatic amines is 1. The molecular weight excluding hydrogens is 306 g/mol. The molecule has 0 unspecified atom stereocenters. The third-order valence-corrected chi connectivity index (χ3v) is 5.52. The molecule has 0 aliphatic heterocycles. The van der Waals surface area contributed by atoms with Crippen molar-refractivity contribution in [2.45, 2.75) is 32.1 Å². The van der Waals surface area contributed by atoms with Gasteiger partial charge in [0.25, 0.3) is 5.56 Å². The summed E-state index contributed by atoms with van der Waals surface area (Å²) in [6.07, 6.45) is 5.24. The van der Waals surface area contributed by atoms with Crippen LogP contribution in [0.5, 0.6) is 0 Å². The number of H-pyrrole nitrogens is 1. The lowest BCUT2D eigenvalue weighted by Gasteiger charge is -2.09. The average Bonchev–Trinajstić information content (AvgIpc) is 2.94. The number of nitrogens with zero attached hydrogens (tertiary/aromatic N) is 1. The van der Waals surface area contributed by atoms with Gasteiger partial charge in [0.15, 0.2) is 0 Å². The molecular formula is C18H19N3OS. The van der Waals surface area contributed by atoms with E-state index in [1.54, 1.807) is 11.3 Å². The number of thiophene rings is 1. The summed E-state index contributed by atoms with van der Waals surface area (Å²) >= 11 is 1.71. The number of hydrogen-bond donors (Lipinski definition) is 2. The van der Waals surface area contributed by atoms with Crippen molar-refractivity contribution < 1.29 is 0 Å². The van der Waals surface area contributed by atoms with Crippen LogP contribution in [0.4, 0.5) is 5.69 Å². The molecule has 5 heteroatoms. The van der Waals surface area contributed by atoms with Crippen LogP contribution in [0.1, 0.15) is 29.1 Å². The monoisotopic (exact) mass is 325 g/mol. The minimum atomic E-state index is 0.0316. The second-order valence-electron chi connectivity index (χ2n) is 5.95. The number of aromatic nitrogens is 2.